The zero-order valence-electron chi connectivity index (χ0n) is 12.8. The molecule has 1 atom stereocenters. The highest BCUT2D eigenvalue weighted by molar-refractivity contribution is 7.10. The van der Waals surface area contributed by atoms with Crippen molar-refractivity contribution in [1.29, 1.82) is 0 Å². The van der Waals surface area contributed by atoms with Crippen LogP contribution in [0.1, 0.15) is 30.2 Å². The van der Waals surface area contributed by atoms with E-state index in [0.29, 0.717) is 12.8 Å². The van der Waals surface area contributed by atoms with Crippen LogP contribution in [0.4, 0.5) is 8.78 Å². The molecule has 1 amide bonds. The Balaban J connectivity index is 1.76. The molecule has 23 heavy (non-hydrogen) atoms. The Morgan fingerprint density at radius 3 is 2.83 bits per heavy atom. The molecule has 2 N–H and O–H groups in total. The highest BCUT2D eigenvalue weighted by atomic mass is 32.1. The number of hydrogen-bond donors (Lipinski definition) is 2. The highest BCUT2D eigenvalue weighted by Crippen LogP contribution is 2.24. The number of hydrogen-bond acceptors (Lipinski definition) is 3. The van der Waals surface area contributed by atoms with Gasteiger partial charge >= 0.3 is 0 Å². The molecule has 0 aliphatic heterocycles. The monoisotopic (exact) mass is 339 g/mol. The maximum atomic E-state index is 13.5. The van der Waals surface area contributed by atoms with Crippen LogP contribution < -0.4 is 5.32 Å². The number of benzene rings is 1. The summed E-state index contributed by atoms with van der Waals surface area (Å²) in [7, 11) is 0. The van der Waals surface area contributed by atoms with Gasteiger partial charge in [0, 0.05) is 11.3 Å². The summed E-state index contributed by atoms with van der Waals surface area (Å²) in [6.07, 6.45) is 0.891. The Labute approximate surface area is 138 Å². The van der Waals surface area contributed by atoms with Crippen LogP contribution in [-0.4, -0.2) is 17.6 Å². The fraction of sp³-hybridized carbons (Fsp3) is 0.353. The van der Waals surface area contributed by atoms with Gasteiger partial charge in [-0.2, -0.15) is 0 Å². The second-order valence-corrected chi connectivity index (χ2v) is 6.56. The highest BCUT2D eigenvalue weighted by Gasteiger charge is 2.24. The average Bonchev–Trinajstić information content (AvgIpc) is 3.04. The molecule has 3 nitrogen and oxygen atoms in total. The number of aryl methyl sites for hydroxylation is 1. The lowest BCUT2D eigenvalue weighted by Crippen LogP contribution is -2.38. The summed E-state index contributed by atoms with van der Waals surface area (Å²) in [4.78, 5) is 12.6. The van der Waals surface area contributed by atoms with Crippen molar-refractivity contribution in [2.24, 2.45) is 0 Å². The molecule has 0 saturated carbocycles. The predicted octanol–water partition coefficient (Wildman–Crippen LogP) is 3.37. The average molecular weight is 339 g/mol. The van der Waals surface area contributed by atoms with Crippen LogP contribution in [0.15, 0.2) is 35.7 Å². The van der Waals surface area contributed by atoms with E-state index in [4.69, 9.17) is 0 Å². The Morgan fingerprint density at radius 2 is 2.13 bits per heavy atom. The number of carbonyl (C=O) groups is 1. The summed E-state index contributed by atoms with van der Waals surface area (Å²) in [6.45, 7) is 1.75. The topological polar surface area (TPSA) is 49.3 Å². The normalized spacial score (nSPS) is 13.6. The van der Waals surface area contributed by atoms with E-state index in [1.54, 1.807) is 6.92 Å². The van der Waals surface area contributed by atoms with Gasteiger partial charge in [-0.1, -0.05) is 6.07 Å². The SMILES string of the molecule is CC(O)(CNC(=O)CCCc1cc(F)ccc1F)c1cccs1. The molecule has 1 aromatic carbocycles. The number of amides is 1. The second-order valence-electron chi connectivity index (χ2n) is 5.62. The molecule has 0 aliphatic carbocycles. The van der Waals surface area contributed by atoms with Gasteiger partial charge < -0.3 is 10.4 Å². The number of halogens is 2. The molecule has 2 rings (SSSR count). The van der Waals surface area contributed by atoms with Gasteiger partial charge in [0.25, 0.3) is 0 Å². The summed E-state index contributed by atoms with van der Waals surface area (Å²) in [5.41, 5.74) is -0.846. The van der Waals surface area contributed by atoms with E-state index in [0.717, 1.165) is 23.1 Å². The quantitative estimate of drug-likeness (QED) is 0.812. The van der Waals surface area contributed by atoms with Crippen molar-refractivity contribution in [3.05, 3.63) is 57.8 Å². The maximum absolute atomic E-state index is 13.5. The summed E-state index contributed by atoms with van der Waals surface area (Å²) in [5, 5.41) is 14.8. The Bertz CT molecular complexity index is 657. The van der Waals surface area contributed by atoms with Crippen LogP contribution in [0.3, 0.4) is 0 Å². The van der Waals surface area contributed by atoms with E-state index in [9.17, 15) is 18.7 Å². The zero-order chi connectivity index (χ0) is 16.9. The lowest BCUT2D eigenvalue weighted by molar-refractivity contribution is -0.122. The van der Waals surface area contributed by atoms with Crippen molar-refractivity contribution in [3.63, 3.8) is 0 Å². The summed E-state index contributed by atoms with van der Waals surface area (Å²) in [5.74, 6) is -1.18. The van der Waals surface area contributed by atoms with Crippen LogP contribution in [0.25, 0.3) is 0 Å². The minimum Gasteiger partial charge on any atom is -0.383 e. The molecule has 0 bridgehead atoms. The van der Waals surface area contributed by atoms with Gasteiger partial charge in [-0.05, 0) is 55.0 Å². The van der Waals surface area contributed by atoms with Crippen molar-refractivity contribution in [2.75, 3.05) is 6.54 Å². The fourth-order valence-electron chi connectivity index (χ4n) is 2.21. The van der Waals surface area contributed by atoms with E-state index in [-0.39, 0.29) is 24.4 Å². The van der Waals surface area contributed by atoms with Crippen molar-refractivity contribution in [1.82, 2.24) is 5.32 Å². The fourth-order valence-corrected chi connectivity index (χ4v) is 2.99. The molecule has 2 aromatic rings. The van der Waals surface area contributed by atoms with Gasteiger partial charge in [0.2, 0.25) is 5.91 Å². The van der Waals surface area contributed by atoms with Crippen molar-refractivity contribution in [2.45, 2.75) is 31.8 Å². The van der Waals surface area contributed by atoms with Crippen LogP contribution in [0.2, 0.25) is 0 Å². The molecular weight excluding hydrogens is 320 g/mol. The van der Waals surface area contributed by atoms with E-state index in [1.807, 2.05) is 17.5 Å². The van der Waals surface area contributed by atoms with Gasteiger partial charge in [0.1, 0.15) is 17.2 Å². The van der Waals surface area contributed by atoms with Crippen LogP contribution in [0.5, 0.6) is 0 Å². The molecular formula is C17H19F2NO2S. The minimum atomic E-state index is -1.11. The largest absolute Gasteiger partial charge is 0.383 e. The Hall–Kier alpha value is -1.79. The molecule has 0 spiro atoms. The van der Waals surface area contributed by atoms with Gasteiger partial charge in [-0.25, -0.2) is 8.78 Å². The van der Waals surface area contributed by atoms with Crippen LogP contribution in [-0.2, 0) is 16.8 Å². The summed E-state index contributed by atoms with van der Waals surface area (Å²) in [6, 6.07) is 6.95. The molecule has 0 radical (unpaired) electrons. The minimum absolute atomic E-state index is 0.112. The maximum Gasteiger partial charge on any atom is 0.220 e. The third-order valence-corrected chi connectivity index (χ3v) is 4.66. The molecule has 0 fully saturated rings. The lowest BCUT2D eigenvalue weighted by atomic mass is 10.0. The summed E-state index contributed by atoms with van der Waals surface area (Å²) >= 11 is 1.42. The van der Waals surface area contributed by atoms with Crippen molar-refractivity contribution < 1.29 is 18.7 Å². The standard InChI is InChI=1S/C17H19F2NO2S/c1-17(22,15-5-3-9-23-15)11-20-16(21)6-2-4-12-10-13(18)7-8-14(12)19/h3,5,7-10,22H,2,4,6,11H2,1H3,(H,20,21). The zero-order valence-corrected chi connectivity index (χ0v) is 13.6. The third kappa shape index (κ3) is 5.11. The number of carbonyl (C=O) groups excluding carboxylic acids is 1. The molecule has 124 valence electrons. The smallest absolute Gasteiger partial charge is 0.220 e. The molecule has 1 unspecified atom stereocenters. The lowest BCUT2D eigenvalue weighted by Gasteiger charge is -2.22. The van der Waals surface area contributed by atoms with Crippen molar-refractivity contribution >= 4 is 17.2 Å². The number of rotatable bonds is 7. The molecule has 0 saturated heterocycles. The molecule has 0 aliphatic rings. The molecule has 6 heteroatoms. The third-order valence-electron chi connectivity index (χ3n) is 3.54. The van der Waals surface area contributed by atoms with Crippen LogP contribution >= 0.6 is 11.3 Å². The van der Waals surface area contributed by atoms with Gasteiger partial charge in [0.05, 0.1) is 6.54 Å². The first-order valence-electron chi connectivity index (χ1n) is 7.35. The van der Waals surface area contributed by atoms with Crippen LogP contribution in [0, 0.1) is 11.6 Å². The number of aliphatic hydroxyl groups is 1. The first kappa shape index (κ1) is 17.6. The van der Waals surface area contributed by atoms with Gasteiger partial charge in [0.15, 0.2) is 0 Å². The van der Waals surface area contributed by atoms with Gasteiger partial charge in [-0.3, -0.25) is 4.79 Å². The Morgan fingerprint density at radius 1 is 1.35 bits per heavy atom. The predicted molar refractivity (Wildman–Crippen MR) is 86.2 cm³/mol. The number of nitrogens with one attached hydrogen (secondary N) is 1. The van der Waals surface area contributed by atoms with E-state index in [2.05, 4.69) is 5.32 Å². The van der Waals surface area contributed by atoms with Gasteiger partial charge in [-0.15, -0.1) is 11.3 Å². The van der Waals surface area contributed by atoms with Crippen molar-refractivity contribution in [3.8, 4) is 0 Å². The Kier molecular flexibility index (Phi) is 5.85. The molecule has 1 aromatic heterocycles. The second kappa shape index (κ2) is 7.66. The first-order valence-corrected chi connectivity index (χ1v) is 8.23. The number of thiophene rings is 1. The molecule has 1 heterocycles. The first-order chi connectivity index (χ1) is 10.9. The summed E-state index contributed by atoms with van der Waals surface area (Å²) < 4.78 is 26.5. The van der Waals surface area contributed by atoms with E-state index < -0.39 is 17.2 Å². The van der Waals surface area contributed by atoms with E-state index in [1.165, 1.54) is 11.3 Å². The van der Waals surface area contributed by atoms with E-state index >= 15 is 0 Å².